The SMILES string of the molecule is CC(C)N(P(O)O)C(C)(CCc1ccccc1)Cc1ccccc1. The van der Waals surface area contributed by atoms with Gasteiger partial charge in [-0.05, 0) is 51.2 Å². The summed E-state index contributed by atoms with van der Waals surface area (Å²) in [5.74, 6) is 0. The Morgan fingerprint density at radius 1 is 0.917 bits per heavy atom. The van der Waals surface area contributed by atoms with Crippen LogP contribution in [0.25, 0.3) is 0 Å². The molecule has 24 heavy (non-hydrogen) atoms. The van der Waals surface area contributed by atoms with Gasteiger partial charge in [0.05, 0.1) is 0 Å². The second kappa shape index (κ2) is 8.73. The van der Waals surface area contributed by atoms with Crippen molar-refractivity contribution in [3.63, 3.8) is 0 Å². The largest absolute Gasteiger partial charge is 0.338 e. The molecule has 0 aliphatic heterocycles. The van der Waals surface area contributed by atoms with E-state index in [0.29, 0.717) is 0 Å². The summed E-state index contributed by atoms with van der Waals surface area (Å²) in [6.07, 6.45) is 2.57. The molecule has 4 heteroatoms. The number of hydrogen-bond donors (Lipinski definition) is 2. The van der Waals surface area contributed by atoms with E-state index in [-0.39, 0.29) is 11.6 Å². The minimum Gasteiger partial charge on any atom is -0.338 e. The van der Waals surface area contributed by atoms with Gasteiger partial charge in [0.2, 0.25) is 0 Å². The molecular weight excluding hydrogens is 317 g/mol. The van der Waals surface area contributed by atoms with E-state index in [4.69, 9.17) is 0 Å². The zero-order chi connectivity index (χ0) is 17.6. The second-order valence-corrected chi connectivity index (χ2v) is 7.82. The van der Waals surface area contributed by atoms with E-state index in [1.165, 1.54) is 11.1 Å². The van der Waals surface area contributed by atoms with Crippen LogP contribution in [0.4, 0.5) is 0 Å². The first kappa shape index (κ1) is 19.1. The van der Waals surface area contributed by atoms with Gasteiger partial charge in [-0.1, -0.05) is 60.7 Å². The van der Waals surface area contributed by atoms with Crippen LogP contribution in [0.3, 0.4) is 0 Å². The topological polar surface area (TPSA) is 43.7 Å². The maximum atomic E-state index is 10.0. The van der Waals surface area contributed by atoms with Crippen LogP contribution in [-0.2, 0) is 12.8 Å². The Morgan fingerprint density at radius 3 is 1.88 bits per heavy atom. The zero-order valence-corrected chi connectivity index (χ0v) is 15.7. The number of hydrogen-bond acceptors (Lipinski definition) is 3. The van der Waals surface area contributed by atoms with E-state index < -0.39 is 8.53 Å². The summed E-state index contributed by atoms with van der Waals surface area (Å²) < 4.78 is 1.87. The fourth-order valence-corrected chi connectivity index (χ4v) is 4.44. The molecule has 3 nitrogen and oxygen atoms in total. The predicted octanol–water partition coefficient (Wildman–Crippen LogP) is 4.54. The van der Waals surface area contributed by atoms with E-state index in [2.05, 4.69) is 43.3 Å². The maximum Gasteiger partial charge on any atom is 0.253 e. The lowest BCUT2D eigenvalue weighted by atomic mass is 9.86. The highest BCUT2D eigenvalue weighted by atomic mass is 31.2. The van der Waals surface area contributed by atoms with Crippen molar-refractivity contribution in [2.45, 2.75) is 51.6 Å². The van der Waals surface area contributed by atoms with E-state index in [1.807, 2.05) is 42.8 Å². The molecule has 0 aliphatic rings. The molecule has 0 bridgehead atoms. The van der Waals surface area contributed by atoms with Crippen molar-refractivity contribution in [3.8, 4) is 0 Å². The first-order chi connectivity index (χ1) is 11.4. The minimum atomic E-state index is -2.13. The van der Waals surface area contributed by atoms with Gasteiger partial charge >= 0.3 is 0 Å². The van der Waals surface area contributed by atoms with Crippen LogP contribution in [0.1, 0.15) is 38.3 Å². The lowest BCUT2D eigenvalue weighted by molar-refractivity contribution is 0.137. The van der Waals surface area contributed by atoms with Gasteiger partial charge < -0.3 is 9.79 Å². The van der Waals surface area contributed by atoms with Crippen molar-refractivity contribution in [1.82, 2.24) is 4.67 Å². The van der Waals surface area contributed by atoms with E-state index in [9.17, 15) is 9.79 Å². The van der Waals surface area contributed by atoms with E-state index in [0.717, 1.165) is 19.3 Å². The predicted molar refractivity (Wildman–Crippen MR) is 102 cm³/mol. The average Bonchev–Trinajstić information content (AvgIpc) is 2.54. The Hall–Kier alpha value is -1.25. The van der Waals surface area contributed by atoms with Crippen molar-refractivity contribution in [1.29, 1.82) is 0 Å². The molecular formula is C20H28NO2P. The molecule has 0 spiro atoms. The van der Waals surface area contributed by atoms with Crippen LogP contribution in [0.2, 0.25) is 0 Å². The number of nitrogens with zero attached hydrogens (tertiary/aromatic N) is 1. The van der Waals surface area contributed by atoms with Crippen molar-refractivity contribution >= 4 is 8.53 Å². The Bertz CT molecular complexity index is 596. The standard InChI is InChI=1S/C20H28NO2P/c1-17(2)21(24(22)23)20(3,16-19-12-8-5-9-13-19)15-14-18-10-6-4-7-11-18/h4-13,17,22-23H,14-16H2,1-3H3. The van der Waals surface area contributed by atoms with Crippen LogP contribution in [0, 0.1) is 0 Å². The summed E-state index contributed by atoms with van der Waals surface area (Å²) in [5.41, 5.74) is 2.18. The zero-order valence-electron chi connectivity index (χ0n) is 14.8. The van der Waals surface area contributed by atoms with Gasteiger partial charge in [0.25, 0.3) is 8.53 Å². The minimum absolute atomic E-state index is 0.0654. The molecule has 0 aromatic heterocycles. The quantitative estimate of drug-likeness (QED) is 0.690. The Labute approximate surface area is 146 Å². The summed E-state index contributed by atoms with van der Waals surface area (Å²) >= 11 is 0. The van der Waals surface area contributed by atoms with Gasteiger partial charge in [-0.2, -0.15) is 0 Å². The third-order valence-corrected chi connectivity index (χ3v) is 5.79. The summed E-state index contributed by atoms with van der Waals surface area (Å²) in [5, 5.41) is 0. The summed E-state index contributed by atoms with van der Waals surface area (Å²) in [4.78, 5) is 20.1. The molecule has 0 amide bonds. The van der Waals surface area contributed by atoms with E-state index in [1.54, 1.807) is 0 Å². The fraction of sp³-hybridized carbons (Fsp3) is 0.400. The first-order valence-corrected chi connectivity index (χ1v) is 9.67. The molecule has 0 radical (unpaired) electrons. The highest BCUT2D eigenvalue weighted by Crippen LogP contribution is 2.43. The normalized spacial score (nSPS) is 14.3. The van der Waals surface area contributed by atoms with Crippen molar-refractivity contribution < 1.29 is 9.79 Å². The molecule has 0 aliphatic carbocycles. The van der Waals surface area contributed by atoms with Crippen molar-refractivity contribution in [2.24, 2.45) is 0 Å². The van der Waals surface area contributed by atoms with Gasteiger partial charge in [-0.3, -0.25) is 0 Å². The van der Waals surface area contributed by atoms with Crippen LogP contribution in [0.15, 0.2) is 60.7 Å². The molecule has 2 rings (SSSR count). The summed E-state index contributed by atoms with van der Waals surface area (Å²) in [6, 6.07) is 20.7. The van der Waals surface area contributed by atoms with Crippen LogP contribution < -0.4 is 0 Å². The average molecular weight is 345 g/mol. The molecule has 1 unspecified atom stereocenters. The number of rotatable bonds is 8. The van der Waals surface area contributed by atoms with Crippen molar-refractivity contribution in [2.75, 3.05) is 0 Å². The maximum absolute atomic E-state index is 10.0. The molecule has 2 aromatic rings. The second-order valence-electron chi connectivity index (χ2n) is 6.85. The first-order valence-electron chi connectivity index (χ1n) is 8.47. The molecule has 0 saturated carbocycles. The molecule has 0 saturated heterocycles. The Morgan fingerprint density at radius 2 is 1.42 bits per heavy atom. The molecule has 0 heterocycles. The number of benzene rings is 2. The highest BCUT2D eigenvalue weighted by molar-refractivity contribution is 7.42. The summed E-state index contributed by atoms with van der Waals surface area (Å²) in [7, 11) is -2.13. The third-order valence-electron chi connectivity index (χ3n) is 4.46. The Kier molecular flexibility index (Phi) is 6.94. The van der Waals surface area contributed by atoms with Crippen LogP contribution in [-0.4, -0.2) is 26.0 Å². The van der Waals surface area contributed by atoms with Gasteiger partial charge in [0.15, 0.2) is 0 Å². The molecule has 130 valence electrons. The highest BCUT2D eigenvalue weighted by Gasteiger charge is 2.38. The van der Waals surface area contributed by atoms with Gasteiger partial charge in [-0.15, -0.1) is 0 Å². The van der Waals surface area contributed by atoms with Gasteiger partial charge in [0, 0.05) is 11.6 Å². The van der Waals surface area contributed by atoms with Gasteiger partial charge in [0.1, 0.15) is 0 Å². The monoisotopic (exact) mass is 345 g/mol. The third kappa shape index (κ3) is 5.12. The van der Waals surface area contributed by atoms with Gasteiger partial charge in [-0.25, -0.2) is 4.67 Å². The molecule has 2 aromatic carbocycles. The van der Waals surface area contributed by atoms with E-state index >= 15 is 0 Å². The lowest BCUT2D eigenvalue weighted by Gasteiger charge is -2.44. The smallest absolute Gasteiger partial charge is 0.253 e. The molecule has 1 atom stereocenters. The van der Waals surface area contributed by atoms with Crippen molar-refractivity contribution in [3.05, 3.63) is 71.8 Å². The fourth-order valence-electron chi connectivity index (χ4n) is 3.42. The summed E-state index contributed by atoms with van der Waals surface area (Å²) in [6.45, 7) is 6.19. The Balaban J connectivity index is 2.25. The molecule has 2 N–H and O–H groups in total. The van der Waals surface area contributed by atoms with Crippen LogP contribution >= 0.6 is 8.53 Å². The lowest BCUT2D eigenvalue weighted by Crippen LogP contribution is -2.48. The number of aryl methyl sites for hydroxylation is 1. The van der Waals surface area contributed by atoms with Crippen LogP contribution in [0.5, 0.6) is 0 Å². The molecule has 0 fully saturated rings.